The van der Waals surface area contributed by atoms with Gasteiger partial charge in [-0.05, 0) is 55.5 Å². The molecule has 1 aromatic heterocycles. The van der Waals surface area contributed by atoms with Gasteiger partial charge in [0.25, 0.3) is 0 Å². The summed E-state index contributed by atoms with van der Waals surface area (Å²) in [6.07, 6.45) is 0. The first kappa shape index (κ1) is 20.9. The van der Waals surface area contributed by atoms with E-state index in [1.54, 1.807) is 43.3 Å². The van der Waals surface area contributed by atoms with E-state index >= 15 is 0 Å². The lowest BCUT2D eigenvalue weighted by atomic mass is 10.1. The molecule has 32 heavy (non-hydrogen) atoms. The topological polar surface area (TPSA) is 82.6 Å². The molecule has 1 heterocycles. The third-order valence-electron chi connectivity index (χ3n) is 4.79. The molecule has 0 aliphatic rings. The van der Waals surface area contributed by atoms with Crippen LogP contribution in [0, 0.1) is 6.92 Å². The summed E-state index contributed by atoms with van der Waals surface area (Å²) in [4.78, 5) is 41.6. The molecule has 6 heteroatoms. The molecule has 0 atom stereocenters. The lowest BCUT2D eigenvalue weighted by Crippen LogP contribution is -2.15. The summed E-state index contributed by atoms with van der Waals surface area (Å²) >= 11 is 0. The Morgan fingerprint density at radius 3 is 2.22 bits per heavy atom. The van der Waals surface area contributed by atoms with Gasteiger partial charge in [0.1, 0.15) is 5.75 Å². The number of ether oxygens (including phenoxy) is 2. The predicted octanol–water partition coefficient (Wildman–Crippen LogP) is 4.80. The van der Waals surface area contributed by atoms with Crippen molar-refractivity contribution in [3.05, 3.63) is 107 Å². The van der Waals surface area contributed by atoms with Crippen molar-refractivity contribution in [2.75, 3.05) is 6.61 Å². The summed E-state index contributed by atoms with van der Waals surface area (Å²) in [6, 6.07) is 23.6. The summed E-state index contributed by atoms with van der Waals surface area (Å²) < 4.78 is 10.6. The summed E-state index contributed by atoms with van der Waals surface area (Å²) in [5.74, 6) is -1.13. The maximum Gasteiger partial charge on any atom is 0.343 e. The highest BCUT2D eigenvalue weighted by molar-refractivity contribution is 6.05. The van der Waals surface area contributed by atoms with Crippen LogP contribution >= 0.6 is 0 Å². The Morgan fingerprint density at radius 1 is 0.781 bits per heavy atom. The second kappa shape index (κ2) is 9.22. The molecule has 0 amide bonds. The van der Waals surface area contributed by atoms with Crippen molar-refractivity contribution in [2.45, 2.75) is 6.92 Å². The summed E-state index contributed by atoms with van der Waals surface area (Å²) in [5.41, 5.74) is 2.50. The lowest BCUT2D eigenvalue weighted by Gasteiger charge is -2.09. The number of carbonyl (C=O) groups excluding carboxylic acids is 3. The highest BCUT2D eigenvalue weighted by Crippen LogP contribution is 2.20. The number of rotatable bonds is 6. The molecule has 0 saturated carbocycles. The lowest BCUT2D eigenvalue weighted by molar-refractivity contribution is 0.0476. The molecule has 3 aromatic carbocycles. The van der Waals surface area contributed by atoms with E-state index in [-0.39, 0.29) is 5.78 Å². The van der Waals surface area contributed by atoms with Crippen molar-refractivity contribution in [2.24, 2.45) is 0 Å². The van der Waals surface area contributed by atoms with Crippen molar-refractivity contribution in [1.29, 1.82) is 0 Å². The Hall–Kier alpha value is -4.32. The third kappa shape index (κ3) is 4.70. The highest BCUT2D eigenvalue weighted by Gasteiger charge is 2.16. The van der Waals surface area contributed by atoms with E-state index in [9.17, 15) is 14.4 Å². The molecule has 0 spiro atoms. The number of fused-ring (bicyclic) bond motifs is 1. The van der Waals surface area contributed by atoms with Crippen LogP contribution in [0.2, 0.25) is 0 Å². The zero-order valence-electron chi connectivity index (χ0n) is 17.3. The molecule has 0 aliphatic heterocycles. The van der Waals surface area contributed by atoms with E-state index in [1.165, 1.54) is 24.3 Å². The van der Waals surface area contributed by atoms with Crippen molar-refractivity contribution in [3.8, 4) is 5.75 Å². The molecule has 0 bridgehead atoms. The van der Waals surface area contributed by atoms with Gasteiger partial charge in [0.15, 0.2) is 12.4 Å². The van der Waals surface area contributed by atoms with E-state index in [1.807, 2.05) is 24.3 Å². The maximum absolute atomic E-state index is 12.6. The summed E-state index contributed by atoms with van der Waals surface area (Å²) in [6.45, 7) is 1.39. The van der Waals surface area contributed by atoms with Gasteiger partial charge >= 0.3 is 11.9 Å². The minimum atomic E-state index is -0.589. The average Bonchev–Trinajstić information content (AvgIpc) is 2.82. The Morgan fingerprint density at radius 2 is 1.47 bits per heavy atom. The Balaban J connectivity index is 1.39. The second-order valence-electron chi connectivity index (χ2n) is 7.11. The fourth-order valence-corrected chi connectivity index (χ4v) is 3.22. The first-order valence-corrected chi connectivity index (χ1v) is 9.95. The molecule has 0 saturated heterocycles. The summed E-state index contributed by atoms with van der Waals surface area (Å²) in [5, 5.41) is 0.667. The van der Waals surface area contributed by atoms with Crippen molar-refractivity contribution in [1.82, 2.24) is 4.98 Å². The van der Waals surface area contributed by atoms with Crippen molar-refractivity contribution >= 4 is 28.6 Å². The second-order valence-corrected chi connectivity index (χ2v) is 7.11. The van der Waals surface area contributed by atoms with Crippen LogP contribution in [0.25, 0.3) is 10.9 Å². The van der Waals surface area contributed by atoms with Crippen LogP contribution < -0.4 is 4.74 Å². The zero-order chi connectivity index (χ0) is 22.5. The fraction of sp³-hybridized carbons (Fsp3) is 0.0769. The molecule has 6 nitrogen and oxygen atoms in total. The van der Waals surface area contributed by atoms with E-state index in [0.717, 1.165) is 0 Å². The van der Waals surface area contributed by atoms with Crippen molar-refractivity contribution in [3.63, 3.8) is 0 Å². The molecule has 0 radical (unpaired) electrons. The van der Waals surface area contributed by atoms with Gasteiger partial charge in [-0.3, -0.25) is 9.78 Å². The molecular weight excluding hydrogens is 406 g/mol. The number of carbonyl (C=O) groups is 3. The first-order valence-electron chi connectivity index (χ1n) is 9.95. The van der Waals surface area contributed by atoms with Crippen LogP contribution in [0.5, 0.6) is 5.75 Å². The minimum absolute atomic E-state index is 0.311. The van der Waals surface area contributed by atoms with Crippen LogP contribution in [0.15, 0.2) is 84.9 Å². The molecule has 4 rings (SSSR count). The number of aryl methyl sites for hydroxylation is 1. The summed E-state index contributed by atoms with van der Waals surface area (Å²) in [7, 11) is 0. The van der Waals surface area contributed by atoms with E-state index in [0.29, 0.717) is 39.0 Å². The van der Waals surface area contributed by atoms with Gasteiger partial charge in [0.2, 0.25) is 0 Å². The van der Waals surface area contributed by atoms with Crippen LogP contribution in [0.4, 0.5) is 0 Å². The number of esters is 2. The van der Waals surface area contributed by atoms with Gasteiger partial charge in [0.05, 0.1) is 16.6 Å². The molecule has 158 valence electrons. The minimum Gasteiger partial charge on any atom is -0.454 e. The van der Waals surface area contributed by atoms with Gasteiger partial charge in [-0.1, -0.05) is 36.4 Å². The highest BCUT2D eigenvalue weighted by atomic mass is 16.5. The molecule has 0 unspecified atom stereocenters. The number of Topliss-reactive ketones (excluding diaryl/α,β-unsaturated/α-hetero) is 1. The first-order chi connectivity index (χ1) is 15.5. The predicted molar refractivity (Wildman–Crippen MR) is 119 cm³/mol. The van der Waals surface area contributed by atoms with Gasteiger partial charge in [-0.2, -0.15) is 0 Å². The molecule has 0 N–H and O–H groups in total. The molecule has 0 aliphatic carbocycles. The normalized spacial score (nSPS) is 10.5. The number of aromatic nitrogens is 1. The van der Waals surface area contributed by atoms with Crippen LogP contribution in [-0.2, 0) is 4.74 Å². The molecule has 0 fully saturated rings. The quantitative estimate of drug-likeness (QED) is 0.251. The van der Waals surface area contributed by atoms with E-state index < -0.39 is 18.5 Å². The largest absolute Gasteiger partial charge is 0.454 e. The smallest absolute Gasteiger partial charge is 0.343 e. The number of nitrogens with zero attached hydrogens (tertiary/aromatic N) is 1. The number of hydrogen-bond acceptors (Lipinski definition) is 6. The van der Waals surface area contributed by atoms with E-state index in [2.05, 4.69) is 4.98 Å². The SMILES string of the molecule is Cc1cc(C(=O)OCC(=O)c2ccc(OC(=O)c3ccccc3)cc2)c2ccccc2n1. The number of ketones is 1. The number of pyridine rings is 1. The standard InChI is InChI=1S/C26H19NO5/c1-17-15-22(21-9-5-6-10-23(21)27-17)26(30)31-16-24(28)18-11-13-20(14-12-18)32-25(29)19-7-3-2-4-8-19/h2-15H,16H2,1H3. The Kier molecular flexibility index (Phi) is 6.03. The van der Waals surface area contributed by atoms with Crippen LogP contribution in [0.3, 0.4) is 0 Å². The van der Waals surface area contributed by atoms with E-state index in [4.69, 9.17) is 9.47 Å². The van der Waals surface area contributed by atoms with Gasteiger partial charge in [-0.15, -0.1) is 0 Å². The van der Waals surface area contributed by atoms with Crippen molar-refractivity contribution < 1.29 is 23.9 Å². The maximum atomic E-state index is 12.6. The van der Waals surface area contributed by atoms with Gasteiger partial charge in [0, 0.05) is 16.6 Å². The van der Waals surface area contributed by atoms with Crippen LogP contribution in [0.1, 0.15) is 36.8 Å². The van der Waals surface area contributed by atoms with Gasteiger partial charge < -0.3 is 9.47 Å². The third-order valence-corrected chi connectivity index (χ3v) is 4.79. The Labute approximate surface area is 184 Å². The number of benzene rings is 3. The van der Waals surface area contributed by atoms with Gasteiger partial charge in [-0.25, -0.2) is 9.59 Å². The number of hydrogen-bond donors (Lipinski definition) is 0. The molecule has 4 aromatic rings. The fourth-order valence-electron chi connectivity index (χ4n) is 3.22. The monoisotopic (exact) mass is 425 g/mol. The van der Waals surface area contributed by atoms with Crippen LogP contribution in [-0.4, -0.2) is 29.3 Å². The number of para-hydroxylation sites is 1. The average molecular weight is 425 g/mol. The zero-order valence-corrected chi connectivity index (χ0v) is 17.3. The Bertz CT molecular complexity index is 1300. The molecular formula is C26H19NO5.